The molecule has 1 aliphatic heterocycles. The molecule has 0 bridgehead atoms. The van der Waals surface area contributed by atoms with Gasteiger partial charge in [-0.1, -0.05) is 49.7 Å². The van der Waals surface area contributed by atoms with Gasteiger partial charge in [0.25, 0.3) is 0 Å². The molecule has 2 heterocycles. The quantitative estimate of drug-likeness (QED) is 0.117. The van der Waals surface area contributed by atoms with Gasteiger partial charge in [-0.3, -0.25) is 14.4 Å². The molecule has 0 saturated carbocycles. The summed E-state index contributed by atoms with van der Waals surface area (Å²) < 4.78 is 27.2. The number of aryl methyl sites for hydroxylation is 1. The van der Waals surface area contributed by atoms with Gasteiger partial charge < -0.3 is 31.5 Å². The Labute approximate surface area is 296 Å². The van der Waals surface area contributed by atoms with Crippen LogP contribution in [-0.4, -0.2) is 70.5 Å². The van der Waals surface area contributed by atoms with E-state index in [1.807, 2.05) is 38.1 Å². The summed E-state index contributed by atoms with van der Waals surface area (Å²) in [5.74, 6) is -4.56. The molecular formula is C35H39ClF2N4O7S. The van der Waals surface area contributed by atoms with Crippen LogP contribution in [0.3, 0.4) is 0 Å². The van der Waals surface area contributed by atoms with Crippen molar-refractivity contribution < 1.29 is 43.0 Å². The first kappa shape index (κ1) is 38.2. The smallest absolute Gasteiger partial charge is 0.345 e. The van der Waals surface area contributed by atoms with Gasteiger partial charge in [-0.15, -0.1) is 11.3 Å². The third-order valence-electron chi connectivity index (χ3n) is 8.36. The minimum Gasteiger partial charge on any atom is -0.478 e. The molecule has 0 aliphatic carbocycles. The number of fused-ring (bicyclic) bond motifs is 1. The summed E-state index contributed by atoms with van der Waals surface area (Å²) in [6, 6.07) is 11.9. The summed E-state index contributed by atoms with van der Waals surface area (Å²) >= 11 is 7.21. The van der Waals surface area contributed by atoms with Crippen molar-refractivity contribution in [2.75, 3.05) is 11.9 Å². The summed E-state index contributed by atoms with van der Waals surface area (Å²) in [7, 11) is 0. The molecule has 0 radical (unpaired) electrons. The molecular weight excluding hydrogens is 694 g/mol. The number of hydrogen-bond acceptors (Lipinski definition) is 7. The van der Waals surface area contributed by atoms with Crippen LogP contribution in [0.2, 0.25) is 5.02 Å². The highest BCUT2D eigenvalue weighted by Gasteiger charge is 2.43. The topological polar surface area (TPSA) is 174 Å². The predicted octanol–water partition coefficient (Wildman–Crippen LogP) is 5.17. The fourth-order valence-corrected chi connectivity index (χ4v) is 7.04. The molecule has 0 spiro atoms. The van der Waals surface area contributed by atoms with E-state index in [1.54, 1.807) is 6.07 Å². The molecule has 6 N–H and O–H groups in total. The zero-order valence-electron chi connectivity index (χ0n) is 27.4. The van der Waals surface area contributed by atoms with Crippen LogP contribution in [0.4, 0.5) is 14.5 Å². The Morgan fingerprint density at radius 2 is 1.66 bits per heavy atom. The van der Waals surface area contributed by atoms with Gasteiger partial charge in [0.2, 0.25) is 24.1 Å². The molecule has 4 rings (SSSR count). The summed E-state index contributed by atoms with van der Waals surface area (Å²) in [5, 5.41) is 29.8. The molecule has 2 aromatic carbocycles. The van der Waals surface area contributed by atoms with Crippen LogP contribution in [-0.2, 0) is 33.6 Å². The summed E-state index contributed by atoms with van der Waals surface area (Å²) in [6.07, 6.45) is -2.62. The van der Waals surface area contributed by atoms with Gasteiger partial charge in [-0.25, -0.2) is 18.4 Å². The van der Waals surface area contributed by atoms with Gasteiger partial charge in [-0.05, 0) is 73.1 Å². The third-order valence-corrected chi connectivity index (χ3v) is 9.79. The number of alkyl halides is 2. The van der Waals surface area contributed by atoms with Gasteiger partial charge >= 0.3 is 11.9 Å². The number of carbonyl (C=O) groups is 5. The number of carboxylic acids is 2. The molecule has 11 nitrogen and oxygen atoms in total. The van der Waals surface area contributed by atoms with E-state index in [0.717, 1.165) is 22.6 Å². The molecule has 0 fully saturated rings. The fraction of sp³-hybridized carbons (Fsp3) is 0.400. The number of aromatic carboxylic acids is 2. The molecule has 50 heavy (non-hydrogen) atoms. The molecule has 0 saturated heterocycles. The first-order chi connectivity index (χ1) is 23.7. The Bertz CT molecular complexity index is 1740. The van der Waals surface area contributed by atoms with Gasteiger partial charge in [0.1, 0.15) is 22.5 Å². The molecule has 1 aromatic heterocycles. The lowest BCUT2D eigenvalue weighted by atomic mass is 9.82. The van der Waals surface area contributed by atoms with E-state index < -0.39 is 60.1 Å². The first-order valence-electron chi connectivity index (χ1n) is 16.0. The van der Waals surface area contributed by atoms with Crippen molar-refractivity contribution in [3.63, 3.8) is 0 Å². The van der Waals surface area contributed by atoms with Crippen molar-refractivity contribution in [3.8, 4) is 0 Å². The number of benzene rings is 2. The number of thiophene rings is 1. The second kappa shape index (κ2) is 16.9. The maximum Gasteiger partial charge on any atom is 0.345 e. The summed E-state index contributed by atoms with van der Waals surface area (Å²) in [5.41, 5.74) is 0.959. The normalized spacial score (nSPS) is 16.5. The lowest BCUT2D eigenvalue weighted by Gasteiger charge is -2.39. The number of halogens is 3. The van der Waals surface area contributed by atoms with Crippen molar-refractivity contribution in [2.45, 2.75) is 76.4 Å². The van der Waals surface area contributed by atoms with Crippen LogP contribution in [0.25, 0.3) is 0 Å². The molecule has 1 aliphatic rings. The Kier molecular flexibility index (Phi) is 12.9. The number of amides is 3. The van der Waals surface area contributed by atoms with E-state index in [0.29, 0.717) is 23.3 Å². The molecule has 3 atom stereocenters. The van der Waals surface area contributed by atoms with Gasteiger partial charge in [0.05, 0.1) is 5.56 Å². The predicted molar refractivity (Wildman–Crippen MR) is 185 cm³/mol. The van der Waals surface area contributed by atoms with Crippen molar-refractivity contribution >= 4 is 58.3 Å². The highest BCUT2D eigenvalue weighted by Crippen LogP contribution is 2.35. The van der Waals surface area contributed by atoms with Crippen LogP contribution >= 0.6 is 22.9 Å². The van der Waals surface area contributed by atoms with Gasteiger partial charge in [-0.2, -0.15) is 0 Å². The molecule has 3 amide bonds. The van der Waals surface area contributed by atoms with Crippen LogP contribution in [0.5, 0.6) is 0 Å². The Morgan fingerprint density at radius 3 is 2.30 bits per heavy atom. The zero-order chi connectivity index (χ0) is 36.6. The van der Waals surface area contributed by atoms with Crippen LogP contribution in [0, 0.1) is 5.92 Å². The minimum absolute atomic E-state index is 0.0145. The van der Waals surface area contributed by atoms with Crippen molar-refractivity contribution in [1.29, 1.82) is 0 Å². The number of nitrogens with one attached hydrogen (secondary N) is 4. The van der Waals surface area contributed by atoms with E-state index in [-0.39, 0.29) is 47.2 Å². The lowest BCUT2D eigenvalue weighted by molar-refractivity contribution is -0.134. The van der Waals surface area contributed by atoms with Crippen molar-refractivity contribution in [1.82, 2.24) is 16.0 Å². The highest BCUT2D eigenvalue weighted by molar-refractivity contribution is 7.13. The van der Waals surface area contributed by atoms with Crippen LogP contribution < -0.4 is 21.3 Å². The Balaban J connectivity index is 1.50. The lowest BCUT2D eigenvalue weighted by Crippen LogP contribution is -2.61. The highest BCUT2D eigenvalue weighted by atomic mass is 35.5. The van der Waals surface area contributed by atoms with E-state index in [4.69, 9.17) is 16.7 Å². The number of para-hydroxylation sites is 1. The largest absolute Gasteiger partial charge is 0.478 e. The maximum absolute atomic E-state index is 14.2. The van der Waals surface area contributed by atoms with E-state index >= 15 is 0 Å². The van der Waals surface area contributed by atoms with E-state index in [9.17, 15) is 37.9 Å². The Hall–Kier alpha value is -4.56. The summed E-state index contributed by atoms with van der Waals surface area (Å²) in [6.45, 7) is 3.62. The third kappa shape index (κ3) is 10.0. The number of anilines is 1. The zero-order valence-corrected chi connectivity index (χ0v) is 29.0. The maximum atomic E-state index is 14.2. The van der Waals surface area contributed by atoms with Crippen molar-refractivity contribution in [2.24, 2.45) is 5.92 Å². The fourth-order valence-electron chi connectivity index (χ4n) is 5.81. The number of rotatable bonds is 16. The molecule has 15 heteroatoms. The van der Waals surface area contributed by atoms with Crippen LogP contribution in [0.1, 0.15) is 69.1 Å². The average Bonchev–Trinajstić information content (AvgIpc) is 3.52. The van der Waals surface area contributed by atoms with Crippen LogP contribution in [0.15, 0.2) is 54.6 Å². The Morgan fingerprint density at radius 1 is 0.940 bits per heavy atom. The second-order valence-electron chi connectivity index (χ2n) is 12.6. The SMILES string of the molecule is CC(C)C[C@H](NC(=O)C1(Cc2ccc(C(=O)O)s2)CCc2ccccc2N1)C(=O)N[C@@H](CC(F)F)C(=O)NCCc1ccc(C(=O)O)cc1Cl. The number of hydrogen-bond donors (Lipinski definition) is 6. The standard InChI is InChI=1S/C35H39ClF2N4O7S/c1-19(2)15-26(31(44)40-27(17-29(37)38)30(43)39-14-12-20-7-8-22(32(45)46)16-24(20)36)41-34(49)35(18-23-9-10-28(50-23)33(47)48)13-11-21-5-3-4-6-25(21)42-35/h3-10,16,19,26-27,29,42H,11-15,17-18H2,1-2H3,(H,39,43)(H,40,44)(H,41,49)(H,45,46)(H,47,48)/t26-,27-,35?/m0/s1. The van der Waals surface area contributed by atoms with E-state index in [1.165, 1.54) is 24.3 Å². The number of carbonyl (C=O) groups excluding carboxylic acids is 3. The second-order valence-corrected chi connectivity index (χ2v) is 14.2. The van der Waals surface area contributed by atoms with Gasteiger partial charge in [0, 0.05) is 35.0 Å². The average molecular weight is 733 g/mol. The molecule has 268 valence electrons. The minimum atomic E-state index is -2.93. The van der Waals surface area contributed by atoms with Gasteiger partial charge in [0.15, 0.2) is 0 Å². The first-order valence-corrected chi connectivity index (χ1v) is 17.2. The molecule has 3 aromatic rings. The molecule has 1 unspecified atom stereocenters. The monoisotopic (exact) mass is 732 g/mol. The summed E-state index contributed by atoms with van der Waals surface area (Å²) in [4.78, 5) is 64.4. The van der Waals surface area contributed by atoms with E-state index in [2.05, 4.69) is 21.3 Å². The van der Waals surface area contributed by atoms with Crippen molar-refractivity contribution in [3.05, 3.63) is 86.1 Å². The number of carboxylic acid groups (broad SMARTS) is 2.